The van der Waals surface area contributed by atoms with E-state index in [0.29, 0.717) is 0 Å². The van der Waals surface area contributed by atoms with Gasteiger partial charge in [-0.25, -0.2) is 4.79 Å². The van der Waals surface area contributed by atoms with Gasteiger partial charge in [-0.15, -0.1) is 0 Å². The molecular weight excluding hydrogens is 242 g/mol. The van der Waals surface area contributed by atoms with Crippen molar-refractivity contribution in [2.75, 3.05) is 19.8 Å². The number of rotatable bonds is 4. The number of carbonyl (C=O) groups is 1. The van der Waals surface area contributed by atoms with Crippen molar-refractivity contribution in [2.24, 2.45) is 5.73 Å². The van der Waals surface area contributed by atoms with Crippen molar-refractivity contribution in [3.05, 3.63) is 29.8 Å². The van der Waals surface area contributed by atoms with Crippen LogP contribution in [0.2, 0.25) is 0 Å². The number of aliphatic hydroxyl groups excluding tert-OH is 3. The van der Waals surface area contributed by atoms with Crippen LogP contribution in [-0.2, 0) is 0 Å². The summed E-state index contributed by atoms with van der Waals surface area (Å²) in [6.45, 7) is -1.21. The number of carboxylic acids is 1. The quantitative estimate of drug-likeness (QED) is 0.424. The van der Waals surface area contributed by atoms with Crippen LogP contribution in [0.25, 0.3) is 0 Å². The Bertz CT molecular complexity index is 369. The Morgan fingerprint density at radius 1 is 1.17 bits per heavy atom. The van der Waals surface area contributed by atoms with Crippen molar-refractivity contribution in [1.82, 2.24) is 0 Å². The molecular formula is C11H16NO6-. The predicted octanol–water partition coefficient (Wildman–Crippen LogP) is -1.88. The molecule has 0 fully saturated rings. The van der Waals surface area contributed by atoms with Gasteiger partial charge in [0.1, 0.15) is 0 Å². The lowest BCUT2D eigenvalue weighted by molar-refractivity contribution is -0.268. The minimum absolute atomic E-state index is 0.178. The summed E-state index contributed by atoms with van der Waals surface area (Å²) >= 11 is 0. The second kappa shape index (κ2) is 7.62. The van der Waals surface area contributed by atoms with Crippen LogP contribution >= 0.6 is 0 Å². The maximum absolute atomic E-state index is 10.7. The van der Waals surface area contributed by atoms with Gasteiger partial charge in [-0.2, -0.15) is 0 Å². The van der Waals surface area contributed by atoms with Gasteiger partial charge >= 0.3 is 5.97 Å². The van der Waals surface area contributed by atoms with E-state index in [1.165, 1.54) is 24.3 Å². The van der Waals surface area contributed by atoms with Crippen LogP contribution in [0.1, 0.15) is 10.4 Å². The summed E-state index contributed by atoms with van der Waals surface area (Å²) in [6, 6.07) is 5.54. The van der Waals surface area contributed by atoms with Crippen molar-refractivity contribution < 1.29 is 30.3 Å². The number of hydrogen-bond acceptors (Lipinski definition) is 6. The van der Waals surface area contributed by atoms with Gasteiger partial charge in [-0.1, -0.05) is 23.9 Å². The molecule has 7 heteroatoms. The van der Waals surface area contributed by atoms with E-state index in [0.717, 1.165) is 0 Å². The van der Waals surface area contributed by atoms with E-state index in [-0.39, 0.29) is 5.56 Å². The largest absolute Gasteiger partial charge is 0.872 e. The highest BCUT2D eigenvalue weighted by Gasteiger charge is 2.20. The maximum atomic E-state index is 10.7. The van der Waals surface area contributed by atoms with E-state index in [4.69, 9.17) is 26.2 Å². The lowest BCUT2D eigenvalue weighted by atomic mass is 10.1. The molecule has 0 aliphatic heterocycles. The number of hydrogen-bond donors (Lipinski definition) is 5. The Hall–Kier alpha value is -1.67. The van der Waals surface area contributed by atoms with Crippen LogP contribution in [0, 0.1) is 0 Å². The molecule has 0 amide bonds. The number of para-hydroxylation sites is 1. The topological polar surface area (TPSA) is 147 Å². The molecule has 0 aliphatic rings. The number of aromatic carboxylic acids is 1. The number of benzene rings is 1. The molecule has 6 N–H and O–H groups in total. The minimum atomic E-state index is -1.21. The zero-order valence-electron chi connectivity index (χ0n) is 9.61. The summed E-state index contributed by atoms with van der Waals surface area (Å²) in [4.78, 5) is 10.2. The van der Waals surface area contributed by atoms with Crippen LogP contribution < -0.4 is 10.8 Å². The van der Waals surface area contributed by atoms with E-state index in [2.05, 4.69) is 0 Å². The van der Waals surface area contributed by atoms with Gasteiger partial charge in [-0.05, 0) is 6.07 Å². The van der Waals surface area contributed by atoms with E-state index < -0.39 is 37.1 Å². The maximum Gasteiger partial charge on any atom is 0.335 e. The molecule has 0 spiro atoms. The second-order valence-corrected chi connectivity index (χ2v) is 3.64. The van der Waals surface area contributed by atoms with Crippen LogP contribution in [0.3, 0.4) is 0 Å². The van der Waals surface area contributed by atoms with Gasteiger partial charge < -0.3 is 31.3 Å². The molecule has 0 radical (unpaired) electrons. The molecule has 1 aromatic rings. The summed E-state index contributed by atoms with van der Waals surface area (Å²) in [7, 11) is 0. The molecule has 0 aliphatic carbocycles. The fraction of sp³-hybridized carbons (Fsp3) is 0.364. The standard InChI is InChI=1S/C7H6O3.C4H11NO3/c8-6-4-2-1-3-5(6)7(9)10;5-4(1-6,2-7)3-8/h1-4,8H,(H,9,10);6-8H,1-3,5H2/p-1. The lowest BCUT2D eigenvalue weighted by Gasteiger charge is -2.20. The van der Waals surface area contributed by atoms with Crippen LogP contribution in [0.15, 0.2) is 24.3 Å². The number of aliphatic hydroxyl groups is 3. The van der Waals surface area contributed by atoms with Crippen LogP contribution in [0.4, 0.5) is 0 Å². The molecule has 0 heterocycles. The average molecular weight is 258 g/mol. The summed E-state index contributed by atoms with van der Waals surface area (Å²) in [5, 5.41) is 44.1. The van der Waals surface area contributed by atoms with Gasteiger partial charge in [0.15, 0.2) is 0 Å². The van der Waals surface area contributed by atoms with E-state index in [1.54, 1.807) is 0 Å². The summed E-state index contributed by atoms with van der Waals surface area (Å²) in [5.74, 6) is -1.62. The first-order chi connectivity index (χ1) is 8.40. The summed E-state index contributed by atoms with van der Waals surface area (Å²) in [6.07, 6.45) is 0. The Morgan fingerprint density at radius 2 is 1.61 bits per heavy atom. The molecule has 1 rings (SSSR count). The molecule has 0 bridgehead atoms. The number of nitrogens with two attached hydrogens (primary N) is 1. The normalized spacial score (nSPS) is 10.4. The number of carboxylic acid groups (broad SMARTS) is 1. The fourth-order valence-electron chi connectivity index (χ4n) is 0.793. The molecule has 0 saturated carbocycles. The highest BCUT2D eigenvalue weighted by molar-refractivity contribution is 5.90. The Morgan fingerprint density at radius 3 is 1.83 bits per heavy atom. The van der Waals surface area contributed by atoms with Gasteiger partial charge in [0.05, 0.1) is 30.9 Å². The van der Waals surface area contributed by atoms with Crippen LogP contribution in [0.5, 0.6) is 5.75 Å². The zero-order chi connectivity index (χ0) is 14.2. The van der Waals surface area contributed by atoms with Crippen LogP contribution in [-0.4, -0.2) is 51.8 Å². The Kier molecular flexibility index (Phi) is 6.91. The van der Waals surface area contributed by atoms with Crippen molar-refractivity contribution >= 4 is 5.97 Å². The van der Waals surface area contributed by atoms with Gasteiger partial charge in [0.2, 0.25) is 0 Å². The molecule has 0 saturated heterocycles. The van der Waals surface area contributed by atoms with E-state index in [1.807, 2.05) is 0 Å². The first-order valence-electron chi connectivity index (χ1n) is 5.01. The third-order valence-electron chi connectivity index (χ3n) is 2.06. The average Bonchev–Trinajstić information content (AvgIpc) is 2.39. The monoisotopic (exact) mass is 258 g/mol. The molecule has 1 aromatic carbocycles. The third-order valence-corrected chi connectivity index (χ3v) is 2.06. The smallest absolute Gasteiger partial charge is 0.335 e. The summed E-state index contributed by atoms with van der Waals surface area (Å²) < 4.78 is 0. The first kappa shape index (κ1) is 16.3. The molecule has 0 aromatic heterocycles. The highest BCUT2D eigenvalue weighted by atomic mass is 16.4. The van der Waals surface area contributed by atoms with Crippen molar-refractivity contribution in [3.63, 3.8) is 0 Å². The third kappa shape index (κ3) is 5.11. The van der Waals surface area contributed by atoms with E-state index in [9.17, 15) is 9.90 Å². The van der Waals surface area contributed by atoms with Crippen molar-refractivity contribution in [1.29, 1.82) is 0 Å². The first-order valence-corrected chi connectivity index (χ1v) is 5.01. The molecule has 0 atom stereocenters. The van der Waals surface area contributed by atoms with Crippen molar-refractivity contribution in [3.8, 4) is 5.75 Å². The lowest BCUT2D eigenvalue weighted by Crippen LogP contribution is -2.50. The molecule has 0 unspecified atom stereocenters. The SMILES string of the molecule is NC(CO)(CO)CO.O=C(O)c1ccccc1[O-]. The molecule has 7 nitrogen and oxygen atoms in total. The Labute approximate surface area is 104 Å². The minimum Gasteiger partial charge on any atom is -0.872 e. The highest BCUT2D eigenvalue weighted by Crippen LogP contribution is 2.10. The second-order valence-electron chi connectivity index (χ2n) is 3.64. The molecule has 18 heavy (non-hydrogen) atoms. The van der Waals surface area contributed by atoms with Gasteiger partial charge in [0, 0.05) is 0 Å². The predicted molar refractivity (Wildman–Crippen MR) is 61.0 cm³/mol. The van der Waals surface area contributed by atoms with Gasteiger partial charge in [-0.3, -0.25) is 0 Å². The summed E-state index contributed by atoms with van der Waals surface area (Å²) in [5.41, 5.74) is 3.76. The Balaban J connectivity index is 0.000000331. The van der Waals surface area contributed by atoms with Gasteiger partial charge in [0.25, 0.3) is 0 Å². The molecule has 102 valence electrons. The fourth-order valence-corrected chi connectivity index (χ4v) is 0.793. The van der Waals surface area contributed by atoms with Crippen molar-refractivity contribution in [2.45, 2.75) is 5.54 Å². The van der Waals surface area contributed by atoms with E-state index >= 15 is 0 Å². The zero-order valence-corrected chi connectivity index (χ0v) is 9.61.